The molecular weight excluding hydrogens is 322 g/mol. The Kier molecular flexibility index (Phi) is 5.04. The Labute approximate surface area is 146 Å². The van der Waals surface area contributed by atoms with Gasteiger partial charge < -0.3 is 5.32 Å². The van der Waals surface area contributed by atoms with Gasteiger partial charge in [-0.25, -0.2) is 4.79 Å². The van der Waals surface area contributed by atoms with E-state index in [9.17, 15) is 9.59 Å². The standard InChI is InChI=1S/C18H25N3O2S/c1-4-17(22)19-13-10-14-15(21(3)18(23)20(14)2)11-16(13)24-12-8-6-5-7-9-12/h10-12H,4-9H2,1-3H3,(H,19,22). The van der Waals surface area contributed by atoms with Crippen LogP contribution in [0.1, 0.15) is 45.4 Å². The first kappa shape index (κ1) is 17.1. The Morgan fingerprint density at radius 1 is 1.17 bits per heavy atom. The predicted molar refractivity (Wildman–Crippen MR) is 99.8 cm³/mol. The molecule has 6 heteroatoms. The van der Waals surface area contributed by atoms with Crippen LogP contribution in [0.3, 0.4) is 0 Å². The Hall–Kier alpha value is -1.69. The number of thioether (sulfide) groups is 1. The van der Waals surface area contributed by atoms with Crippen LogP contribution in [0.2, 0.25) is 0 Å². The fraction of sp³-hybridized carbons (Fsp3) is 0.556. The second-order valence-electron chi connectivity index (χ2n) is 6.52. The first-order chi connectivity index (χ1) is 11.5. The van der Waals surface area contributed by atoms with Crippen molar-refractivity contribution in [2.45, 2.75) is 55.6 Å². The molecule has 1 aromatic carbocycles. The molecule has 0 saturated heterocycles. The summed E-state index contributed by atoms with van der Waals surface area (Å²) in [7, 11) is 3.56. The molecule has 0 unspecified atom stereocenters. The SMILES string of the molecule is CCC(=O)Nc1cc2c(cc1SC1CCCCC1)n(C)c(=O)n2C. The molecule has 1 aliphatic rings. The minimum absolute atomic E-state index is 0.000718. The third kappa shape index (κ3) is 3.24. The average Bonchev–Trinajstić information content (AvgIpc) is 2.80. The van der Waals surface area contributed by atoms with Crippen LogP contribution in [0.15, 0.2) is 21.8 Å². The molecule has 0 atom stereocenters. The van der Waals surface area contributed by atoms with Crippen LogP contribution in [-0.2, 0) is 18.9 Å². The number of imidazole rings is 1. The van der Waals surface area contributed by atoms with Crippen LogP contribution in [0, 0.1) is 0 Å². The molecule has 0 bridgehead atoms. The number of aromatic nitrogens is 2. The number of amides is 1. The number of carbonyl (C=O) groups excluding carboxylic acids is 1. The van der Waals surface area contributed by atoms with E-state index in [4.69, 9.17) is 0 Å². The number of benzene rings is 1. The van der Waals surface area contributed by atoms with Gasteiger partial charge in [-0.1, -0.05) is 26.2 Å². The van der Waals surface area contributed by atoms with Crippen LogP contribution in [0.25, 0.3) is 11.0 Å². The topological polar surface area (TPSA) is 56.0 Å². The molecule has 0 aliphatic heterocycles. The minimum atomic E-state index is -0.0439. The van der Waals surface area contributed by atoms with Gasteiger partial charge in [-0.3, -0.25) is 13.9 Å². The van der Waals surface area contributed by atoms with Gasteiger partial charge in [-0.15, -0.1) is 11.8 Å². The monoisotopic (exact) mass is 347 g/mol. The molecular formula is C18H25N3O2S. The first-order valence-corrected chi connectivity index (χ1v) is 9.55. The summed E-state index contributed by atoms with van der Waals surface area (Å²) in [6.07, 6.45) is 6.76. The quantitative estimate of drug-likeness (QED) is 0.918. The lowest BCUT2D eigenvalue weighted by Crippen LogP contribution is -2.19. The highest BCUT2D eigenvalue weighted by Crippen LogP contribution is 2.39. The normalized spacial score (nSPS) is 15.8. The van der Waals surface area contributed by atoms with Crippen molar-refractivity contribution in [1.29, 1.82) is 0 Å². The van der Waals surface area contributed by atoms with Gasteiger partial charge in [0, 0.05) is 30.7 Å². The average molecular weight is 347 g/mol. The van der Waals surface area contributed by atoms with E-state index in [1.54, 1.807) is 23.2 Å². The summed E-state index contributed by atoms with van der Waals surface area (Å²) in [6.45, 7) is 1.85. The molecule has 1 saturated carbocycles. The van der Waals surface area contributed by atoms with Crippen molar-refractivity contribution in [3.05, 3.63) is 22.6 Å². The van der Waals surface area contributed by atoms with Crippen LogP contribution in [0.5, 0.6) is 0 Å². The summed E-state index contributed by atoms with van der Waals surface area (Å²) in [5.41, 5.74) is 2.54. The highest BCUT2D eigenvalue weighted by molar-refractivity contribution is 8.00. The fourth-order valence-electron chi connectivity index (χ4n) is 3.32. The summed E-state index contributed by atoms with van der Waals surface area (Å²) < 4.78 is 3.30. The number of rotatable bonds is 4. The van der Waals surface area contributed by atoms with Crippen molar-refractivity contribution in [1.82, 2.24) is 9.13 Å². The number of aryl methyl sites for hydroxylation is 2. The van der Waals surface area contributed by atoms with Gasteiger partial charge in [0.25, 0.3) is 0 Å². The third-order valence-corrected chi connectivity index (χ3v) is 6.21. The maximum absolute atomic E-state index is 12.2. The van der Waals surface area contributed by atoms with E-state index in [0.717, 1.165) is 21.6 Å². The van der Waals surface area contributed by atoms with Gasteiger partial charge in [-0.2, -0.15) is 0 Å². The van der Waals surface area contributed by atoms with Gasteiger partial charge >= 0.3 is 5.69 Å². The summed E-state index contributed by atoms with van der Waals surface area (Å²) >= 11 is 1.84. The van der Waals surface area contributed by atoms with E-state index in [-0.39, 0.29) is 11.6 Å². The zero-order chi connectivity index (χ0) is 17.3. The largest absolute Gasteiger partial charge is 0.328 e. The van der Waals surface area contributed by atoms with E-state index in [1.807, 2.05) is 24.8 Å². The van der Waals surface area contributed by atoms with Crippen LogP contribution in [-0.4, -0.2) is 20.3 Å². The first-order valence-electron chi connectivity index (χ1n) is 8.67. The van der Waals surface area contributed by atoms with Gasteiger partial charge in [0.2, 0.25) is 5.91 Å². The number of hydrogen-bond donors (Lipinski definition) is 1. The number of nitrogens with zero attached hydrogens (tertiary/aromatic N) is 2. The lowest BCUT2D eigenvalue weighted by atomic mass is 10.0. The van der Waals surface area contributed by atoms with E-state index >= 15 is 0 Å². The van der Waals surface area contributed by atoms with Gasteiger partial charge in [0.1, 0.15) is 0 Å². The van der Waals surface area contributed by atoms with Crippen molar-refractivity contribution in [3.8, 4) is 0 Å². The van der Waals surface area contributed by atoms with Crippen molar-refractivity contribution < 1.29 is 4.79 Å². The Morgan fingerprint density at radius 3 is 2.42 bits per heavy atom. The summed E-state index contributed by atoms with van der Waals surface area (Å²) in [6, 6.07) is 4.00. The number of hydrogen-bond acceptors (Lipinski definition) is 3. The molecule has 1 amide bonds. The predicted octanol–water partition coefficient (Wildman–Crippen LogP) is 3.65. The second-order valence-corrected chi connectivity index (χ2v) is 7.86. The maximum Gasteiger partial charge on any atom is 0.328 e. The number of anilines is 1. The number of carbonyl (C=O) groups is 1. The highest BCUT2D eigenvalue weighted by Gasteiger charge is 2.19. The zero-order valence-electron chi connectivity index (χ0n) is 14.6. The molecule has 130 valence electrons. The number of nitrogens with one attached hydrogen (secondary N) is 1. The Bertz CT molecular complexity index is 816. The van der Waals surface area contributed by atoms with Crippen LogP contribution >= 0.6 is 11.8 Å². The molecule has 24 heavy (non-hydrogen) atoms. The van der Waals surface area contributed by atoms with Crippen molar-refractivity contribution in [2.24, 2.45) is 14.1 Å². The molecule has 1 aromatic heterocycles. The summed E-state index contributed by atoms with van der Waals surface area (Å²) in [5, 5.41) is 3.61. The number of fused-ring (bicyclic) bond motifs is 1. The van der Waals surface area contributed by atoms with E-state index in [0.29, 0.717) is 11.7 Å². The molecule has 0 spiro atoms. The van der Waals surface area contributed by atoms with Gasteiger partial charge in [-0.05, 0) is 25.0 Å². The summed E-state index contributed by atoms with van der Waals surface area (Å²) in [4.78, 5) is 25.2. The fourth-order valence-corrected chi connectivity index (χ4v) is 4.67. The lowest BCUT2D eigenvalue weighted by Gasteiger charge is -2.22. The maximum atomic E-state index is 12.2. The van der Waals surface area contributed by atoms with E-state index < -0.39 is 0 Å². The molecule has 1 aliphatic carbocycles. The molecule has 1 N–H and O–H groups in total. The second kappa shape index (κ2) is 7.05. The molecule has 5 nitrogen and oxygen atoms in total. The molecule has 3 rings (SSSR count). The smallest absolute Gasteiger partial charge is 0.325 e. The Morgan fingerprint density at radius 2 is 1.79 bits per heavy atom. The molecule has 0 radical (unpaired) electrons. The van der Waals surface area contributed by atoms with Crippen molar-refractivity contribution in [3.63, 3.8) is 0 Å². The lowest BCUT2D eigenvalue weighted by molar-refractivity contribution is -0.115. The van der Waals surface area contributed by atoms with E-state index in [1.165, 1.54) is 32.1 Å². The zero-order valence-corrected chi connectivity index (χ0v) is 15.4. The Balaban J connectivity index is 2.05. The van der Waals surface area contributed by atoms with Crippen molar-refractivity contribution >= 4 is 34.4 Å². The van der Waals surface area contributed by atoms with E-state index in [2.05, 4.69) is 11.4 Å². The molecule has 1 heterocycles. The van der Waals surface area contributed by atoms with Gasteiger partial charge in [0.05, 0.1) is 16.7 Å². The van der Waals surface area contributed by atoms with Crippen LogP contribution < -0.4 is 11.0 Å². The minimum Gasteiger partial charge on any atom is -0.325 e. The third-order valence-electron chi connectivity index (χ3n) is 4.81. The van der Waals surface area contributed by atoms with Crippen molar-refractivity contribution in [2.75, 3.05) is 5.32 Å². The molecule has 1 fully saturated rings. The highest BCUT2D eigenvalue weighted by atomic mass is 32.2. The van der Waals surface area contributed by atoms with Crippen LogP contribution in [0.4, 0.5) is 5.69 Å². The van der Waals surface area contributed by atoms with Gasteiger partial charge in [0.15, 0.2) is 0 Å². The summed E-state index contributed by atoms with van der Waals surface area (Å²) in [5.74, 6) is 0.000718. The molecule has 2 aromatic rings.